The molecule has 0 aliphatic heterocycles. The summed E-state index contributed by atoms with van der Waals surface area (Å²) in [4.78, 5) is 12.6. The summed E-state index contributed by atoms with van der Waals surface area (Å²) in [7, 11) is 0. The number of Topliss-reactive ketones (excluding diaryl/α,β-unsaturated/α-hetero) is 1. The number of halogens is 1. The minimum Gasteiger partial charge on any atom is -0.293 e. The van der Waals surface area contributed by atoms with Crippen LogP contribution in [0.1, 0.15) is 39.9 Å². The fourth-order valence-corrected chi connectivity index (χ4v) is 2.41. The third-order valence-electron chi connectivity index (χ3n) is 3.44. The fraction of sp³-hybridized carbons (Fsp3) is 0.235. The Hall–Kier alpha value is -1.96. The molecule has 0 radical (unpaired) electrons. The van der Waals surface area contributed by atoms with Crippen LogP contribution in [0.4, 0.5) is 4.39 Å². The van der Waals surface area contributed by atoms with Gasteiger partial charge in [0.15, 0.2) is 5.78 Å². The topological polar surface area (TPSA) is 17.1 Å². The van der Waals surface area contributed by atoms with E-state index in [-0.39, 0.29) is 17.5 Å². The molecule has 0 N–H and O–H groups in total. The van der Waals surface area contributed by atoms with Crippen molar-refractivity contribution in [3.63, 3.8) is 0 Å². The molecule has 0 aliphatic carbocycles. The van der Waals surface area contributed by atoms with E-state index >= 15 is 0 Å². The first-order valence-electron chi connectivity index (χ1n) is 6.36. The highest BCUT2D eigenvalue weighted by atomic mass is 19.1. The van der Waals surface area contributed by atoms with Gasteiger partial charge in [0.1, 0.15) is 5.82 Å². The van der Waals surface area contributed by atoms with Crippen LogP contribution in [0.25, 0.3) is 0 Å². The van der Waals surface area contributed by atoms with E-state index in [2.05, 4.69) is 0 Å². The van der Waals surface area contributed by atoms with E-state index in [0.29, 0.717) is 16.7 Å². The maximum atomic E-state index is 13.3. The molecule has 98 valence electrons. The van der Waals surface area contributed by atoms with Crippen LogP contribution in [0.3, 0.4) is 0 Å². The first kappa shape index (κ1) is 13.5. The highest BCUT2D eigenvalue weighted by molar-refractivity contribution is 6.03. The third kappa shape index (κ3) is 2.73. The van der Waals surface area contributed by atoms with Gasteiger partial charge < -0.3 is 0 Å². The molecule has 2 rings (SSSR count). The van der Waals surface area contributed by atoms with Crippen LogP contribution in [-0.4, -0.2) is 5.78 Å². The Morgan fingerprint density at radius 2 is 1.58 bits per heavy atom. The van der Waals surface area contributed by atoms with Gasteiger partial charge in [-0.05, 0) is 42.7 Å². The molecular weight excluding hydrogens is 239 g/mol. The second kappa shape index (κ2) is 5.35. The van der Waals surface area contributed by atoms with E-state index in [1.807, 2.05) is 37.3 Å². The molecule has 1 atom stereocenters. The van der Waals surface area contributed by atoms with E-state index in [1.54, 1.807) is 13.8 Å². The van der Waals surface area contributed by atoms with Crippen LogP contribution in [0.2, 0.25) is 0 Å². The molecule has 0 saturated carbocycles. The number of carbonyl (C=O) groups excluding carboxylic acids is 1. The molecule has 1 unspecified atom stereocenters. The van der Waals surface area contributed by atoms with Gasteiger partial charge >= 0.3 is 0 Å². The van der Waals surface area contributed by atoms with Crippen molar-refractivity contribution in [2.24, 2.45) is 0 Å². The Kier molecular flexibility index (Phi) is 3.79. The number of hydrogen-bond donors (Lipinski definition) is 0. The molecule has 0 spiro atoms. The van der Waals surface area contributed by atoms with Gasteiger partial charge in [-0.3, -0.25) is 4.79 Å². The monoisotopic (exact) mass is 256 g/mol. The van der Waals surface area contributed by atoms with Crippen LogP contribution in [0.15, 0.2) is 42.5 Å². The zero-order chi connectivity index (χ0) is 14.0. The van der Waals surface area contributed by atoms with Crippen LogP contribution >= 0.6 is 0 Å². The Bertz CT molecular complexity index is 579. The number of rotatable bonds is 3. The highest BCUT2D eigenvalue weighted by Gasteiger charge is 2.20. The van der Waals surface area contributed by atoms with Crippen molar-refractivity contribution in [1.29, 1.82) is 0 Å². The van der Waals surface area contributed by atoms with Crippen LogP contribution in [-0.2, 0) is 0 Å². The molecule has 0 bridgehead atoms. The summed E-state index contributed by atoms with van der Waals surface area (Å²) in [6.07, 6.45) is 0. The molecule has 19 heavy (non-hydrogen) atoms. The summed E-state index contributed by atoms with van der Waals surface area (Å²) >= 11 is 0. The number of aryl methyl sites for hydroxylation is 2. The second-order valence-electron chi connectivity index (χ2n) is 4.91. The van der Waals surface area contributed by atoms with Crippen molar-refractivity contribution in [3.05, 3.63) is 70.5 Å². The van der Waals surface area contributed by atoms with Crippen LogP contribution in [0, 0.1) is 19.7 Å². The van der Waals surface area contributed by atoms with Crippen LogP contribution < -0.4 is 0 Å². The molecule has 0 fully saturated rings. The van der Waals surface area contributed by atoms with Gasteiger partial charge in [0.05, 0.1) is 0 Å². The minimum atomic E-state index is -0.293. The van der Waals surface area contributed by atoms with Crippen molar-refractivity contribution >= 4 is 5.78 Å². The standard InChI is InChI=1S/C17H17FO/c1-11-9-15(18)10-12(2)16(11)17(19)13(3)14-7-5-4-6-8-14/h4-10,13H,1-3H3. The largest absolute Gasteiger partial charge is 0.293 e. The van der Waals surface area contributed by atoms with Crippen molar-refractivity contribution in [1.82, 2.24) is 0 Å². The maximum absolute atomic E-state index is 13.3. The number of carbonyl (C=O) groups is 1. The lowest BCUT2D eigenvalue weighted by atomic mass is 9.88. The van der Waals surface area contributed by atoms with E-state index in [0.717, 1.165) is 5.56 Å². The van der Waals surface area contributed by atoms with Gasteiger partial charge in [0.2, 0.25) is 0 Å². The van der Waals surface area contributed by atoms with Crippen molar-refractivity contribution < 1.29 is 9.18 Å². The minimum absolute atomic E-state index is 0.0428. The zero-order valence-electron chi connectivity index (χ0n) is 11.4. The molecule has 2 aromatic carbocycles. The second-order valence-corrected chi connectivity index (χ2v) is 4.91. The molecular formula is C17H17FO. The molecule has 0 aromatic heterocycles. The first-order valence-corrected chi connectivity index (χ1v) is 6.36. The average molecular weight is 256 g/mol. The molecule has 0 aliphatic rings. The molecule has 2 aromatic rings. The lowest BCUT2D eigenvalue weighted by Gasteiger charge is -2.15. The Morgan fingerprint density at radius 3 is 2.11 bits per heavy atom. The van der Waals surface area contributed by atoms with Gasteiger partial charge in [-0.2, -0.15) is 0 Å². The quantitative estimate of drug-likeness (QED) is 0.742. The third-order valence-corrected chi connectivity index (χ3v) is 3.44. The van der Waals surface area contributed by atoms with E-state index in [4.69, 9.17) is 0 Å². The zero-order valence-corrected chi connectivity index (χ0v) is 11.4. The van der Waals surface area contributed by atoms with Gasteiger partial charge in [-0.1, -0.05) is 37.3 Å². The Labute approximate surface area is 113 Å². The van der Waals surface area contributed by atoms with E-state index in [9.17, 15) is 9.18 Å². The van der Waals surface area contributed by atoms with Gasteiger partial charge in [-0.25, -0.2) is 4.39 Å². The Balaban J connectivity index is 2.40. The Morgan fingerprint density at radius 1 is 1.05 bits per heavy atom. The van der Waals surface area contributed by atoms with Crippen molar-refractivity contribution in [2.75, 3.05) is 0 Å². The maximum Gasteiger partial charge on any atom is 0.170 e. The summed E-state index contributed by atoms with van der Waals surface area (Å²) in [6.45, 7) is 5.45. The van der Waals surface area contributed by atoms with Gasteiger partial charge in [-0.15, -0.1) is 0 Å². The lowest BCUT2D eigenvalue weighted by Crippen LogP contribution is -2.13. The summed E-state index contributed by atoms with van der Waals surface area (Å²) in [5.74, 6) is -0.468. The summed E-state index contributed by atoms with van der Waals surface area (Å²) in [5.41, 5.74) is 3.02. The van der Waals surface area contributed by atoms with Gasteiger partial charge in [0, 0.05) is 11.5 Å². The molecule has 0 amide bonds. The van der Waals surface area contributed by atoms with Crippen LogP contribution in [0.5, 0.6) is 0 Å². The summed E-state index contributed by atoms with van der Waals surface area (Å²) in [6, 6.07) is 12.5. The average Bonchev–Trinajstić information content (AvgIpc) is 2.37. The molecule has 2 heteroatoms. The summed E-state index contributed by atoms with van der Waals surface area (Å²) in [5, 5.41) is 0. The van der Waals surface area contributed by atoms with E-state index < -0.39 is 0 Å². The highest BCUT2D eigenvalue weighted by Crippen LogP contribution is 2.25. The molecule has 0 saturated heterocycles. The SMILES string of the molecule is Cc1cc(F)cc(C)c1C(=O)C(C)c1ccccc1. The predicted molar refractivity (Wildman–Crippen MR) is 75.1 cm³/mol. The van der Waals surface area contributed by atoms with Crippen molar-refractivity contribution in [3.8, 4) is 0 Å². The lowest BCUT2D eigenvalue weighted by molar-refractivity contribution is 0.0965. The van der Waals surface area contributed by atoms with E-state index in [1.165, 1.54) is 12.1 Å². The normalized spacial score (nSPS) is 12.2. The number of benzene rings is 2. The molecule has 1 nitrogen and oxygen atoms in total. The smallest absolute Gasteiger partial charge is 0.170 e. The predicted octanol–water partition coefficient (Wildman–Crippen LogP) is 4.43. The van der Waals surface area contributed by atoms with Crippen molar-refractivity contribution in [2.45, 2.75) is 26.7 Å². The number of hydrogen-bond acceptors (Lipinski definition) is 1. The fourth-order valence-electron chi connectivity index (χ4n) is 2.41. The summed E-state index contributed by atoms with van der Waals surface area (Å²) < 4.78 is 13.3. The first-order chi connectivity index (χ1) is 9.00. The van der Waals surface area contributed by atoms with Gasteiger partial charge in [0.25, 0.3) is 0 Å². The number of ketones is 1. The molecule has 0 heterocycles.